The summed E-state index contributed by atoms with van der Waals surface area (Å²) >= 11 is 0. The Labute approximate surface area is 161 Å². The van der Waals surface area contributed by atoms with E-state index in [1.807, 2.05) is 48.5 Å². The summed E-state index contributed by atoms with van der Waals surface area (Å²) in [7, 11) is 1.63. The molecule has 27 heavy (non-hydrogen) atoms. The highest BCUT2D eigenvalue weighted by molar-refractivity contribution is 5.92. The van der Waals surface area contributed by atoms with Gasteiger partial charge in [-0.15, -0.1) is 0 Å². The van der Waals surface area contributed by atoms with Gasteiger partial charge in [-0.1, -0.05) is 50.2 Å². The topological polar surface area (TPSA) is 47.6 Å². The Morgan fingerprint density at radius 3 is 2.63 bits per heavy atom. The fourth-order valence-corrected chi connectivity index (χ4v) is 3.62. The Morgan fingerprint density at radius 2 is 1.89 bits per heavy atom. The zero-order chi connectivity index (χ0) is 19.3. The highest BCUT2D eigenvalue weighted by Gasteiger charge is 2.38. The van der Waals surface area contributed by atoms with E-state index in [0.717, 1.165) is 41.9 Å². The van der Waals surface area contributed by atoms with Crippen LogP contribution in [0.3, 0.4) is 0 Å². The van der Waals surface area contributed by atoms with Gasteiger partial charge in [0.05, 0.1) is 13.2 Å². The van der Waals surface area contributed by atoms with Crippen molar-refractivity contribution in [2.45, 2.75) is 44.8 Å². The maximum absolute atomic E-state index is 12.6. The molecule has 0 saturated heterocycles. The minimum Gasteiger partial charge on any atom is -0.496 e. The number of fused-ring (bicyclic) bond motifs is 1. The Kier molecular flexibility index (Phi) is 5.84. The average molecular weight is 365 g/mol. The van der Waals surface area contributed by atoms with Crippen LogP contribution in [-0.4, -0.2) is 18.6 Å². The summed E-state index contributed by atoms with van der Waals surface area (Å²) in [6, 6.07) is 15.5. The lowest BCUT2D eigenvalue weighted by Gasteiger charge is -2.41. The molecular weight excluding hydrogens is 338 g/mol. The van der Waals surface area contributed by atoms with Gasteiger partial charge in [0.15, 0.2) is 0 Å². The number of ether oxygens (including phenoxy) is 2. The molecule has 0 bridgehead atoms. The van der Waals surface area contributed by atoms with E-state index in [9.17, 15) is 4.79 Å². The maximum Gasteiger partial charge on any atom is 0.244 e. The number of carbonyl (C=O) groups is 1. The lowest BCUT2D eigenvalue weighted by atomic mass is 9.83. The lowest BCUT2D eigenvalue weighted by Crippen LogP contribution is -2.44. The zero-order valence-corrected chi connectivity index (χ0v) is 16.2. The molecule has 1 N–H and O–H groups in total. The lowest BCUT2D eigenvalue weighted by molar-refractivity contribution is -0.117. The largest absolute Gasteiger partial charge is 0.496 e. The standard InChI is InChI=1S/C23H27NO3/c1-4-23(5-2)16-19(18-11-7-9-13-21(18)27-23)24-22(25)15-14-17-10-6-8-12-20(17)26-3/h6-15,19H,4-5,16H2,1-3H3,(H,24,25)/b15-14+. The molecule has 0 saturated carbocycles. The van der Waals surface area contributed by atoms with E-state index in [1.165, 1.54) is 0 Å². The van der Waals surface area contributed by atoms with Gasteiger partial charge >= 0.3 is 0 Å². The van der Waals surface area contributed by atoms with Crippen LogP contribution in [0.1, 0.15) is 50.3 Å². The van der Waals surface area contributed by atoms with Crippen LogP contribution in [0.5, 0.6) is 11.5 Å². The van der Waals surface area contributed by atoms with Crippen molar-refractivity contribution in [2.75, 3.05) is 7.11 Å². The molecule has 1 amide bonds. The first kappa shape index (κ1) is 19.0. The van der Waals surface area contributed by atoms with Crippen LogP contribution in [0.4, 0.5) is 0 Å². The van der Waals surface area contributed by atoms with Crippen molar-refractivity contribution in [2.24, 2.45) is 0 Å². The molecule has 0 spiro atoms. The predicted molar refractivity (Wildman–Crippen MR) is 108 cm³/mol. The highest BCUT2D eigenvalue weighted by Crippen LogP contribution is 2.42. The van der Waals surface area contributed by atoms with E-state index in [0.29, 0.717) is 0 Å². The first-order chi connectivity index (χ1) is 13.1. The molecule has 0 radical (unpaired) electrons. The highest BCUT2D eigenvalue weighted by atomic mass is 16.5. The van der Waals surface area contributed by atoms with E-state index in [1.54, 1.807) is 19.3 Å². The minimum atomic E-state index is -0.237. The number of carbonyl (C=O) groups excluding carboxylic acids is 1. The van der Waals surface area contributed by atoms with E-state index < -0.39 is 0 Å². The molecule has 2 aromatic rings. The monoisotopic (exact) mass is 365 g/mol. The number of amides is 1. The fraction of sp³-hybridized carbons (Fsp3) is 0.348. The van der Waals surface area contributed by atoms with E-state index >= 15 is 0 Å². The van der Waals surface area contributed by atoms with Crippen molar-refractivity contribution < 1.29 is 14.3 Å². The third kappa shape index (κ3) is 4.16. The summed E-state index contributed by atoms with van der Waals surface area (Å²) in [5, 5.41) is 3.16. The number of benzene rings is 2. The molecule has 2 aromatic carbocycles. The van der Waals surface area contributed by atoms with E-state index in [2.05, 4.69) is 19.2 Å². The Morgan fingerprint density at radius 1 is 1.19 bits per heavy atom. The van der Waals surface area contributed by atoms with Gasteiger partial charge in [-0.2, -0.15) is 0 Å². The molecule has 4 heteroatoms. The molecule has 1 aliphatic heterocycles. The van der Waals surface area contributed by atoms with Crippen molar-refractivity contribution in [1.29, 1.82) is 0 Å². The quantitative estimate of drug-likeness (QED) is 0.740. The molecule has 1 heterocycles. The smallest absolute Gasteiger partial charge is 0.244 e. The van der Waals surface area contributed by atoms with Crippen LogP contribution in [0.15, 0.2) is 54.6 Å². The average Bonchev–Trinajstić information content (AvgIpc) is 2.72. The Hall–Kier alpha value is -2.75. The van der Waals surface area contributed by atoms with Crippen molar-refractivity contribution >= 4 is 12.0 Å². The van der Waals surface area contributed by atoms with Gasteiger partial charge in [-0.25, -0.2) is 0 Å². The first-order valence-corrected chi connectivity index (χ1v) is 9.50. The molecule has 4 nitrogen and oxygen atoms in total. The van der Waals surface area contributed by atoms with Gasteiger partial charge in [0.2, 0.25) is 5.91 Å². The van der Waals surface area contributed by atoms with Crippen LogP contribution in [0, 0.1) is 0 Å². The molecule has 1 aliphatic rings. The number of hydrogen-bond donors (Lipinski definition) is 1. The molecular formula is C23H27NO3. The van der Waals surface area contributed by atoms with E-state index in [-0.39, 0.29) is 17.6 Å². The van der Waals surface area contributed by atoms with Gasteiger partial charge in [0.25, 0.3) is 0 Å². The van der Waals surface area contributed by atoms with Crippen molar-refractivity contribution in [3.05, 3.63) is 65.7 Å². The van der Waals surface area contributed by atoms with E-state index in [4.69, 9.17) is 9.47 Å². The van der Waals surface area contributed by atoms with Crippen LogP contribution in [0.2, 0.25) is 0 Å². The molecule has 142 valence electrons. The molecule has 0 fully saturated rings. The first-order valence-electron chi connectivity index (χ1n) is 9.50. The normalized spacial score (nSPS) is 17.8. The number of nitrogens with one attached hydrogen (secondary N) is 1. The summed E-state index contributed by atoms with van der Waals surface area (Å²) < 4.78 is 11.6. The van der Waals surface area contributed by atoms with Gasteiger partial charge in [0.1, 0.15) is 17.1 Å². The number of rotatable bonds is 6. The fourth-order valence-electron chi connectivity index (χ4n) is 3.62. The van der Waals surface area contributed by atoms with Crippen molar-refractivity contribution in [3.63, 3.8) is 0 Å². The molecule has 0 aromatic heterocycles. The van der Waals surface area contributed by atoms with Crippen LogP contribution in [0.25, 0.3) is 6.08 Å². The number of para-hydroxylation sites is 2. The SMILES string of the molecule is CCC1(CC)CC(NC(=O)/C=C/c2ccccc2OC)c2ccccc2O1. The summed E-state index contributed by atoms with van der Waals surface area (Å²) in [6.45, 7) is 4.27. The molecule has 0 aliphatic carbocycles. The van der Waals surface area contributed by atoms with Crippen LogP contribution in [-0.2, 0) is 4.79 Å². The Bertz CT molecular complexity index is 824. The predicted octanol–water partition coefficient (Wildman–Crippen LogP) is 4.91. The second kappa shape index (κ2) is 8.30. The summed E-state index contributed by atoms with van der Waals surface area (Å²) in [6.07, 6.45) is 5.93. The van der Waals surface area contributed by atoms with Gasteiger partial charge < -0.3 is 14.8 Å². The number of methoxy groups -OCH3 is 1. The van der Waals surface area contributed by atoms with Gasteiger partial charge in [-0.05, 0) is 31.1 Å². The van der Waals surface area contributed by atoms with Crippen LogP contribution >= 0.6 is 0 Å². The second-order valence-corrected chi connectivity index (χ2v) is 6.87. The summed E-state index contributed by atoms with van der Waals surface area (Å²) in [5.41, 5.74) is 1.67. The van der Waals surface area contributed by atoms with Gasteiger partial charge in [-0.3, -0.25) is 4.79 Å². The number of hydrogen-bond acceptors (Lipinski definition) is 3. The summed E-state index contributed by atoms with van der Waals surface area (Å²) in [5.74, 6) is 1.49. The van der Waals surface area contributed by atoms with Crippen LogP contribution < -0.4 is 14.8 Å². The molecule has 3 rings (SSSR count). The van der Waals surface area contributed by atoms with Crippen molar-refractivity contribution in [1.82, 2.24) is 5.32 Å². The third-order valence-electron chi connectivity index (χ3n) is 5.36. The van der Waals surface area contributed by atoms with Crippen molar-refractivity contribution in [3.8, 4) is 11.5 Å². The molecule has 1 unspecified atom stereocenters. The van der Waals surface area contributed by atoms with Gasteiger partial charge in [0, 0.05) is 23.6 Å². The third-order valence-corrected chi connectivity index (χ3v) is 5.36. The maximum atomic E-state index is 12.6. The second-order valence-electron chi connectivity index (χ2n) is 6.87. The summed E-state index contributed by atoms with van der Waals surface area (Å²) in [4.78, 5) is 12.6. The minimum absolute atomic E-state index is 0.0651. The zero-order valence-electron chi connectivity index (χ0n) is 16.2. The Balaban J connectivity index is 1.79. The molecule has 1 atom stereocenters.